The van der Waals surface area contributed by atoms with E-state index in [1.54, 1.807) is 17.0 Å². The van der Waals surface area contributed by atoms with Gasteiger partial charge in [0.05, 0.1) is 25.1 Å². The highest BCUT2D eigenvalue weighted by atomic mass is 16.5. The van der Waals surface area contributed by atoms with Gasteiger partial charge in [0.25, 0.3) is 5.56 Å². The van der Waals surface area contributed by atoms with Crippen LogP contribution in [0.2, 0.25) is 0 Å². The minimum Gasteiger partial charge on any atom is -0.484 e. The number of ether oxygens (including phenoxy) is 1. The van der Waals surface area contributed by atoms with Crippen molar-refractivity contribution in [2.75, 3.05) is 13.1 Å². The number of likely N-dealkylation sites (tertiary alicyclic amines) is 1. The van der Waals surface area contributed by atoms with E-state index in [2.05, 4.69) is 10.3 Å². The molecule has 1 atom stereocenters. The molecule has 1 spiro atoms. The van der Waals surface area contributed by atoms with Crippen LogP contribution in [0, 0.1) is 13.8 Å². The van der Waals surface area contributed by atoms with Crippen LogP contribution in [0.15, 0.2) is 35.1 Å². The van der Waals surface area contributed by atoms with Crippen molar-refractivity contribution in [3.05, 3.63) is 63.1 Å². The number of Topliss-reactive ketones (excluding diaryl/α,β-unsaturated/α-hetero) is 1. The van der Waals surface area contributed by atoms with Crippen molar-refractivity contribution < 1.29 is 14.3 Å². The lowest BCUT2D eigenvalue weighted by molar-refractivity contribution is 0.0478. The quantitative estimate of drug-likeness (QED) is 0.835. The zero-order valence-corrected chi connectivity index (χ0v) is 16.0. The summed E-state index contributed by atoms with van der Waals surface area (Å²) in [5.74, 6) is 0.633. The number of hydrogen-bond acceptors (Lipinski definition) is 4. The van der Waals surface area contributed by atoms with Gasteiger partial charge in [-0.25, -0.2) is 4.79 Å². The van der Waals surface area contributed by atoms with Crippen molar-refractivity contribution in [3.63, 3.8) is 0 Å². The number of hydrogen-bond donors (Lipinski definition) is 2. The van der Waals surface area contributed by atoms with Gasteiger partial charge in [-0.15, -0.1) is 0 Å². The molecule has 0 saturated carbocycles. The Morgan fingerprint density at radius 3 is 2.86 bits per heavy atom. The highest BCUT2D eigenvalue weighted by Gasteiger charge is 2.46. The summed E-state index contributed by atoms with van der Waals surface area (Å²) in [6, 6.07) is 8.85. The van der Waals surface area contributed by atoms with Crippen molar-refractivity contribution in [1.82, 2.24) is 15.2 Å². The molecule has 1 unspecified atom stereocenters. The van der Waals surface area contributed by atoms with E-state index in [1.807, 2.05) is 32.0 Å². The van der Waals surface area contributed by atoms with E-state index >= 15 is 0 Å². The Labute approximate surface area is 162 Å². The molecule has 0 aliphatic carbocycles. The van der Waals surface area contributed by atoms with Gasteiger partial charge < -0.3 is 19.9 Å². The first-order chi connectivity index (χ1) is 13.4. The van der Waals surface area contributed by atoms with Crippen LogP contribution >= 0.6 is 0 Å². The number of aromatic nitrogens is 1. The highest BCUT2D eigenvalue weighted by molar-refractivity contribution is 6.00. The van der Waals surface area contributed by atoms with Crippen molar-refractivity contribution >= 4 is 11.8 Å². The minimum atomic E-state index is -0.667. The Morgan fingerprint density at radius 2 is 2.07 bits per heavy atom. The van der Waals surface area contributed by atoms with Crippen LogP contribution in [0.3, 0.4) is 0 Å². The van der Waals surface area contributed by atoms with Crippen molar-refractivity contribution in [3.8, 4) is 5.75 Å². The molecule has 28 heavy (non-hydrogen) atoms. The molecular formula is C21H23N3O4. The zero-order chi connectivity index (χ0) is 19.9. The summed E-state index contributed by atoms with van der Waals surface area (Å²) in [5.41, 5.74) is 1.93. The van der Waals surface area contributed by atoms with E-state index in [-0.39, 0.29) is 30.3 Å². The van der Waals surface area contributed by atoms with Crippen LogP contribution < -0.4 is 15.6 Å². The number of rotatable bonds is 2. The van der Waals surface area contributed by atoms with Crippen molar-refractivity contribution in [2.45, 2.75) is 38.8 Å². The first-order valence-corrected chi connectivity index (χ1v) is 9.40. The Kier molecular flexibility index (Phi) is 4.45. The van der Waals surface area contributed by atoms with Crippen LogP contribution in [0.4, 0.5) is 4.79 Å². The van der Waals surface area contributed by atoms with E-state index in [0.717, 1.165) is 11.3 Å². The summed E-state index contributed by atoms with van der Waals surface area (Å²) in [7, 11) is 0. The average Bonchev–Trinajstić information content (AvgIpc) is 3.03. The molecule has 2 aromatic rings. The first kappa shape index (κ1) is 18.3. The van der Waals surface area contributed by atoms with E-state index < -0.39 is 5.60 Å². The molecule has 1 fully saturated rings. The molecule has 2 aliphatic heterocycles. The monoisotopic (exact) mass is 381 g/mol. The number of aryl methyl sites for hydroxylation is 2. The first-order valence-electron chi connectivity index (χ1n) is 9.40. The fourth-order valence-electron chi connectivity index (χ4n) is 4.07. The van der Waals surface area contributed by atoms with Crippen LogP contribution in [0.1, 0.15) is 40.0 Å². The predicted molar refractivity (Wildman–Crippen MR) is 104 cm³/mol. The molecule has 3 heterocycles. The molecule has 146 valence electrons. The summed E-state index contributed by atoms with van der Waals surface area (Å²) in [4.78, 5) is 41.6. The van der Waals surface area contributed by atoms with Gasteiger partial charge >= 0.3 is 6.03 Å². The molecular weight excluding hydrogens is 358 g/mol. The number of nitrogens with one attached hydrogen (secondary N) is 2. The van der Waals surface area contributed by atoms with Crippen LogP contribution in [-0.4, -0.2) is 40.4 Å². The highest BCUT2D eigenvalue weighted by Crippen LogP contribution is 2.38. The summed E-state index contributed by atoms with van der Waals surface area (Å²) >= 11 is 0. The smallest absolute Gasteiger partial charge is 0.317 e. The topological polar surface area (TPSA) is 91.5 Å². The van der Waals surface area contributed by atoms with E-state index in [4.69, 9.17) is 4.74 Å². The minimum absolute atomic E-state index is 0.0472. The lowest BCUT2D eigenvalue weighted by atomic mass is 9.89. The molecule has 1 aromatic carbocycles. The Bertz CT molecular complexity index is 1010. The molecule has 2 N–H and O–H groups in total. The fourth-order valence-corrected chi connectivity index (χ4v) is 4.07. The number of fused-ring (bicyclic) bond motifs is 1. The second-order valence-corrected chi connectivity index (χ2v) is 7.65. The maximum Gasteiger partial charge on any atom is 0.317 e. The third kappa shape index (κ3) is 3.28. The molecule has 1 aromatic heterocycles. The number of para-hydroxylation sites is 1. The molecule has 2 amide bonds. The predicted octanol–water partition coefficient (Wildman–Crippen LogP) is 2.31. The van der Waals surface area contributed by atoms with Gasteiger partial charge in [-0.2, -0.15) is 0 Å². The number of urea groups is 1. The zero-order valence-electron chi connectivity index (χ0n) is 16.0. The lowest BCUT2D eigenvalue weighted by Crippen LogP contribution is -2.47. The standard InChI is InChI=1S/C21H23N3O4/c1-13-9-14(2)23-19(26)16(13)11-22-20(27)24-8-7-21(12-24)10-17(25)15-5-3-4-6-18(15)28-21/h3-6,9H,7-8,10-12H2,1-2H3,(H,22,27)(H,23,26). The summed E-state index contributed by atoms with van der Waals surface area (Å²) in [6.45, 7) is 4.69. The molecule has 7 nitrogen and oxygen atoms in total. The number of aromatic amines is 1. The number of amides is 2. The molecule has 0 radical (unpaired) electrons. The number of ketones is 1. The maximum atomic E-state index is 12.6. The van der Waals surface area contributed by atoms with E-state index in [1.165, 1.54) is 0 Å². The summed E-state index contributed by atoms with van der Waals surface area (Å²) < 4.78 is 6.15. The molecule has 2 aliphatic rings. The normalized spacial score (nSPS) is 20.8. The number of nitrogens with zero attached hydrogens (tertiary/aromatic N) is 1. The van der Waals surface area contributed by atoms with Crippen LogP contribution in [0.5, 0.6) is 5.75 Å². The largest absolute Gasteiger partial charge is 0.484 e. The Balaban J connectivity index is 1.43. The number of pyridine rings is 1. The average molecular weight is 381 g/mol. The van der Waals surface area contributed by atoms with Gasteiger partial charge in [-0.1, -0.05) is 12.1 Å². The third-order valence-corrected chi connectivity index (χ3v) is 5.51. The number of H-pyrrole nitrogens is 1. The van der Waals surface area contributed by atoms with Gasteiger partial charge in [0.1, 0.15) is 11.4 Å². The second kappa shape index (κ2) is 6.82. The van der Waals surface area contributed by atoms with Crippen molar-refractivity contribution in [1.29, 1.82) is 0 Å². The van der Waals surface area contributed by atoms with Crippen molar-refractivity contribution in [2.24, 2.45) is 0 Å². The maximum absolute atomic E-state index is 12.6. The lowest BCUT2D eigenvalue weighted by Gasteiger charge is -2.34. The van der Waals surface area contributed by atoms with Gasteiger partial charge in [-0.05, 0) is 37.6 Å². The summed E-state index contributed by atoms with van der Waals surface area (Å²) in [6.07, 6.45) is 0.870. The second-order valence-electron chi connectivity index (χ2n) is 7.65. The van der Waals surface area contributed by atoms with Gasteiger partial charge in [0.2, 0.25) is 0 Å². The molecule has 7 heteroatoms. The van der Waals surface area contributed by atoms with Gasteiger partial charge in [0, 0.05) is 24.2 Å². The molecule has 1 saturated heterocycles. The fraction of sp³-hybridized carbons (Fsp3) is 0.381. The summed E-state index contributed by atoms with van der Waals surface area (Å²) in [5, 5.41) is 2.82. The van der Waals surface area contributed by atoms with Crippen LogP contribution in [-0.2, 0) is 6.54 Å². The SMILES string of the molecule is Cc1cc(C)c(CNC(=O)N2CCC3(CC(=O)c4ccccc4O3)C2)c(=O)[nH]1. The van der Waals surface area contributed by atoms with Gasteiger partial charge in [-0.3, -0.25) is 9.59 Å². The Morgan fingerprint density at radius 1 is 1.29 bits per heavy atom. The molecule has 0 bridgehead atoms. The number of carbonyl (C=O) groups excluding carboxylic acids is 2. The van der Waals surface area contributed by atoms with E-state index in [9.17, 15) is 14.4 Å². The third-order valence-electron chi connectivity index (χ3n) is 5.51. The number of benzene rings is 1. The molecule has 4 rings (SSSR count). The Hall–Kier alpha value is -3.09. The van der Waals surface area contributed by atoms with Crippen LogP contribution in [0.25, 0.3) is 0 Å². The van der Waals surface area contributed by atoms with Gasteiger partial charge in [0.15, 0.2) is 5.78 Å². The number of carbonyl (C=O) groups is 2. The van der Waals surface area contributed by atoms with E-state index in [0.29, 0.717) is 36.4 Å².